The Balaban J connectivity index is 1.64. The summed E-state index contributed by atoms with van der Waals surface area (Å²) in [5.41, 5.74) is -0.707. The summed E-state index contributed by atoms with van der Waals surface area (Å²) < 4.78 is 40.8. The molecule has 3 aliphatic heterocycles. The maximum atomic E-state index is 13.6. The van der Waals surface area contributed by atoms with Gasteiger partial charge < -0.3 is 15.1 Å². The molecule has 1 atom stereocenters. The molecule has 1 N–H and O–H groups in total. The first kappa shape index (κ1) is 21.2. The lowest BCUT2D eigenvalue weighted by molar-refractivity contribution is -0.138. The van der Waals surface area contributed by atoms with E-state index in [4.69, 9.17) is 0 Å². The second-order valence-electron chi connectivity index (χ2n) is 7.99. The predicted molar refractivity (Wildman–Crippen MR) is 105 cm³/mol. The van der Waals surface area contributed by atoms with Crippen LogP contribution in [0.5, 0.6) is 0 Å². The van der Waals surface area contributed by atoms with E-state index < -0.39 is 29.7 Å². The van der Waals surface area contributed by atoms with Gasteiger partial charge in [-0.15, -0.1) is 0 Å². The van der Waals surface area contributed by atoms with E-state index in [1.807, 2.05) is 0 Å². The topological polar surface area (TPSA) is 73.0 Å². The van der Waals surface area contributed by atoms with Crippen molar-refractivity contribution in [1.82, 2.24) is 20.0 Å². The maximum Gasteiger partial charge on any atom is 0.416 e. The fourth-order valence-electron chi connectivity index (χ4n) is 4.40. The minimum Gasteiger partial charge on any atom is -0.341 e. The van der Waals surface area contributed by atoms with Crippen molar-refractivity contribution in [2.75, 3.05) is 33.2 Å². The molecule has 3 aliphatic rings. The smallest absolute Gasteiger partial charge is 0.341 e. The molecule has 0 aromatic heterocycles. The first-order valence-corrected chi connectivity index (χ1v) is 10.2. The van der Waals surface area contributed by atoms with E-state index in [-0.39, 0.29) is 30.1 Å². The van der Waals surface area contributed by atoms with Gasteiger partial charge in [-0.25, -0.2) is 4.79 Å². The van der Waals surface area contributed by atoms with Crippen LogP contribution in [-0.4, -0.2) is 65.8 Å². The third-order valence-electron chi connectivity index (χ3n) is 6.05. The normalized spacial score (nSPS) is 22.1. The average molecular weight is 436 g/mol. The van der Waals surface area contributed by atoms with Crippen LogP contribution in [0.15, 0.2) is 35.5 Å². The standard InChI is InChI=1S/C21H23F3N4O3/c1-26-15-11-28(12-16(29)27-9-5-2-6-10-27)19(30)17(15)18(25-20(26)31)13-7-3-4-8-14(13)21(22,23)24/h3-4,7-8,18H,2,5-6,9-12H2,1H3,(H,25,31)/t18-/m1/s1. The molecule has 0 radical (unpaired) electrons. The van der Waals surface area contributed by atoms with Crippen LogP contribution in [0.25, 0.3) is 0 Å². The van der Waals surface area contributed by atoms with Gasteiger partial charge in [-0.1, -0.05) is 18.2 Å². The van der Waals surface area contributed by atoms with E-state index in [9.17, 15) is 27.6 Å². The first-order chi connectivity index (χ1) is 14.7. The number of benzene rings is 1. The summed E-state index contributed by atoms with van der Waals surface area (Å²) in [5, 5.41) is 2.52. The summed E-state index contributed by atoms with van der Waals surface area (Å²) >= 11 is 0. The predicted octanol–water partition coefficient (Wildman–Crippen LogP) is 2.51. The number of hydrogen-bond acceptors (Lipinski definition) is 3. The van der Waals surface area contributed by atoms with E-state index in [0.29, 0.717) is 18.8 Å². The Kier molecular flexibility index (Phi) is 5.40. The average Bonchev–Trinajstić information content (AvgIpc) is 3.07. The maximum absolute atomic E-state index is 13.6. The zero-order valence-electron chi connectivity index (χ0n) is 17.0. The highest BCUT2D eigenvalue weighted by Gasteiger charge is 2.46. The molecule has 0 aliphatic carbocycles. The second kappa shape index (κ2) is 7.90. The molecule has 7 nitrogen and oxygen atoms in total. The lowest BCUT2D eigenvalue weighted by Crippen LogP contribution is -2.45. The highest BCUT2D eigenvalue weighted by atomic mass is 19.4. The minimum atomic E-state index is -4.64. The molecule has 3 heterocycles. The van der Waals surface area contributed by atoms with E-state index in [1.54, 1.807) is 4.90 Å². The molecule has 1 saturated heterocycles. The highest BCUT2D eigenvalue weighted by Crippen LogP contribution is 2.41. The van der Waals surface area contributed by atoms with Crippen LogP contribution < -0.4 is 5.32 Å². The number of nitrogens with one attached hydrogen (secondary N) is 1. The Morgan fingerprint density at radius 2 is 1.81 bits per heavy atom. The van der Waals surface area contributed by atoms with E-state index in [2.05, 4.69) is 5.32 Å². The third kappa shape index (κ3) is 3.86. The highest BCUT2D eigenvalue weighted by molar-refractivity contribution is 6.03. The molecule has 1 fully saturated rings. The molecule has 1 aromatic rings. The largest absolute Gasteiger partial charge is 0.416 e. The molecule has 0 spiro atoms. The van der Waals surface area contributed by atoms with Crippen molar-refractivity contribution >= 4 is 17.8 Å². The second-order valence-corrected chi connectivity index (χ2v) is 7.99. The number of nitrogens with zero attached hydrogens (tertiary/aromatic N) is 3. The van der Waals surface area contributed by atoms with Gasteiger partial charge in [0.2, 0.25) is 5.91 Å². The SMILES string of the molecule is CN1C(=O)N[C@H](c2ccccc2C(F)(F)F)C2=C1CN(CC(=O)N1CCCCC1)C2=O. The third-order valence-corrected chi connectivity index (χ3v) is 6.05. The van der Waals surface area contributed by atoms with Crippen LogP contribution in [0.1, 0.15) is 36.4 Å². The van der Waals surface area contributed by atoms with Crippen LogP contribution in [-0.2, 0) is 15.8 Å². The quantitative estimate of drug-likeness (QED) is 0.792. The number of urea groups is 1. The Bertz CT molecular complexity index is 953. The van der Waals surface area contributed by atoms with Crippen LogP contribution in [0.3, 0.4) is 0 Å². The van der Waals surface area contributed by atoms with E-state index in [0.717, 1.165) is 25.3 Å². The van der Waals surface area contributed by atoms with Gasteiger partial charge >= 0.3 is 12.2 Å². The fourth-order valence-corrected chi connectivity index (χ4v) is 4.40. The molecule has 166 valence electrons. The molecule has 0 unspecified atom stereocenters. The Morgan fingerprint density at radius 3 is 2.48 bits per heavy atom. The summed E-state index contributed by atoms with van der Waals surface area (Å²) in [7, 11) is 1.46. The zero-order chi connectivity index (χ0) is 22.3. The number of likely N-dealkylation sites (tertiary alicyclic amines) is 1. The summed E-state index contributed by atoms with van der Waals surface area (Å²) in [6.07, 6.45) is -1.77. The van der Waals surface area contributed by atoms with Crippen molar-refractivity contribution in [2.24, 2.45) is 0 Å². The number of piperidine rings is 1. The van der Waals surface area contributed by atoms with Gasteiger partial charge in [0.15, 0.2) is 0 Å². The number of carbonyl (C=O) groups excluding carboxylic acids is 3. The molecule has 1 aromatic carbocycles. The van der Waals surface area contributed by atoms with Gasteiger partial charge in [-0.2, -0.15) is 13.2 Å². The van der Waals surface area contributed by atoms with E-state index >= 15 is 0 Å². The van der Waals surface area contributed by atoms with Crippen molar-refractivity contribution in [3.63, 3.8) is 0 Å². The number of likely N-dealkylation sites (N-methyl/N-ethyl adjacent to an activating group) is 1. The van der Waals surface area contributed by atoms with Crippen molar-refractivity contribution in [3.05, 3.63) is 46.7 Å². The van der Waals surface area contributed by atoms with Crippen molar-refractivity contribution in [3.8, 4) is 0 Å². The number of rotatable bonds is 3. The van der Waals surface area contributed by atoms with Crippen LogP contribution >= 0.6 is 0 Å². The van der Waals surface area contributed by atoms with E-state index in [1.165, 1.54) is 35.0 Å². The van der Waals surface area contributed by atoms with Crippen molar-refractivity contribution in [1.29, 1.82) is 0 Å². The van der Waals surface area contributed by atoms with Crippen LogP contribution in [0.4, 0.5) is 18.0 Å². The molecule has 4 rings (SSSR count). The van der Waals surface area contributed by atoms with Gasteiger partial charge in [-0.05, 0) is 30.9 Å². The molecular formula is C21H23F3N4O3. The molecule has 10 heteroatoms. The van der Waals surface area contributed by atoms with Crippen LogP contribution in [0.2, 0.25) is 0 Å². The lowest BCUT2D eigenvalue weighted by atomic mass is 9.92. The monoisotopic (exact) mass is 436 g/mol. The van der Waals surface area contributed by atoms with Gasteiger partial charge in [0.05, 0.1) is 29.4 Å². The Hall–Kier alpha value is -3.04. The molecule has 4 amide bonds. The van der Waals surface area contributed by atoms with Crippen molar-refractivity contribution < 1.29 is 27.6 Å². The molecular weight excluding hydrogens is 413 g/mol. The molecule has 0 saturated carbocycles. The fraction of sp³-hybridized carbons (Fsp3) is 0.476. The summed E-state index contributed by atoms with van der Waals surface area (Å²) in [4.78, 5) is 42.5. The number of carbonyl (C=O) groups is 3. The lowest BCUT2D eigenvalue weighted by Gasteiger charge is -2.32. The summed E-state index contributed by atoms with van der Waals surface area (Å²) in [6, 6.07) is 3.05. The van der Waals surface area contributed by atoms with Gasteiger partial charge in [0, 0.05) is 20.1 Å². The minimum absolute atomic E-state index is 0.00233. The van der Waals surface area contributed by atoms with Crippen molar-refractivity contribution in [2.45, 2.75) is 31.5 Å². The number of hydrogen-bond donors (Lipinski definition) is 1. The molecule has 0 bridgehead atoms. The first-order valence-electron chi connectivity index (χ1n) is 10.2. The number of amides is 4. The Labute approximate surface area is 177 Å². The van der Waals surface area contributed by atoms with Gasteiger partial charge in [0.25, 0.3) is 5.91 Å². The zero-order valence-corrected chi connectivity index (χ0v) is 17.0. The number of halogens is 3. The van der Waals surface area contributed by atoms with Crippen LogP contribution in [0, 0.1) is 0 Å². The Morgan fingerprint density at radius 1 is 1.13 bits per heavy atom. The van der Waals surface area contributed by atoms with Gasteiger partial charge in [0.1, 0.15) is 6.54 Å². The molecule has 31 heavy (non-hydrogen) atoms. The summed E-state index contributed by atoms with van der Waals surface area (Å²) in [6.45, 7) is 1.11. The number of alkyl halides is 3. The van der Waals surface area contributed by atoms with Gasteiger partial charge in [-0.3, -0.25) is 14.5 Å². The summed E-state index contributed by atoms with van der Waals surface area (Å²) in [5.74, 6) is -0.726.